The summed E-state index contributed by atoms with van der Waals surface area (Å²) < 4.78 is 1.62. The third-order valence-corrected chi connectivity index (χ3v) is 2.64. The molecule has 2 heterocycles. The zero-order chi connectivity index (χ0) is 13.8. The predicted molar refractivity (Wildman–Crippen MR) is 72.7 cm³/mol. The van der Waals surface area contributed by atoms with Gasteiger partial charge in [-0.05, 0) is 18.5 Å². The molecule has 102 valence electrons. The van der Waals surface area contributed by atoms with Crippen LogP contribution in [0.2, 0.25) is 5.28 Å². The smallest absolute Gasteiger partial charge is 0.258 e. The minimum absolute atomic E-state index is 0.136. The van der Waals surface area contributed by atoms with Gasteiger partial charge in [0.15, 0.2) is 5.82 Å². The molecule has 0 saturated carbocycles. The van der Waals surface area contributed by atoms with Gasteiger partial charge in [0.2, 0.25) is 11.2 Å². The normalized spacial score (nSPS) is 10.7. The Balaban J connectivity index is 2.48. The highest BCUT2D eigenvalue weighted by Crippen LogP contribution is 2.11. The van der Waals surface area contributed by atoms with Gasteiger partial charge in [0.25, 0.3) is 5.95 Å². The van der Waals surface area contributed by atoms with Gasteiger partial charge in [-0.3, -0.25) is 0 Å². The average molecular weight is 282 g/mol. The van der Waals surface area contributed by atoms with Crippen LogP contribution in [0.1, 0.15) is 32.4 Å². The van der Waals surface area contributed by atoms with Crippen LogP contribution in [0, 0.1) is 0 Å². The fourth-order valence-electron chi connectivity index (χ4n) is 1.60. The van der Waals surface area contributed by atoms with E-state index >= 15 is 0 Å². The van der Waals surface area contributed by atoms with Gasteiger partial charge in [0.1, 0.15) is 5.82 Å². The van der Waals surface area contributed by atoms with Gasteiger partial charge in [0.05, 0.1) is 0 Å². The molecule has 2 aromatic rings. The van der Waals surface area contributed by atoms with Gasteiger partial charge < -0.3 is 5.32 Å². The molecule has 0 aliphatic rings. The summed E-state index contributed by atoms with van der Waals surface area (Å²) in [6.45, 7) is 6.68. The molecule has 2 aromatic heterocycles. The van der Waals surface area contributed by atoms with Crippen LogP contribution >= 0.6 is 11.6 Å². The second-order valence-corrected chi connectivity index (χ2v) is 4.16. The van der Waals surface area contributed by atoms with E-state index in [2.05, 4.69) is 30.4 Å². The molecule has 0 bridgehead atoms. The molecule has 0 atom stereocenters. The van der Waals surface area contributed by atoms with Crippen LogP contribution in [0.15, 0.2) is 0 Å². The van der Waals surface area contributed by atoms with Crippen LogP contribution < -0.4 is 5.32 Å². The number of hydrogen-bond donors (Lipinski definition) is 1. The zero-order valence-electron chi connectivity index (χ0n) is 11.2. The van der Waals surface area contributed by atoms with Crippen molar-refractivity contribution in [2.24, 2.45) is 0 Å². The summed E-state index contributed by atoms with van der Waals surface area (Å²) in [5.41, 5.74) is 0. The first-order valence-electron chi connectivity index (χ1n) is 6.28. The van der Waals surface area contributed by atoms with Crippen LogP contribution in [0.3, 0.4) is 0 Å². The first kappa shape index (κ1) is 13.7. The Morgan fingerprint density at radius 3 is 2.47 bits per heavy atom. The third kappa shape index (κ3) is 2.98. The summed E-state index contributed by atoms with van der Waals surface area (Å²) in [6, 6.07) is 0. The van der Waals surface area contributed by atoms with Gasteiger partial charge in [-0.25, -0.2) is 4.98 Å². The summed E-state index contributed by atoms with van der Waals surface area (Å²) in [5.74, 6) is 2.40. The molecule has 19 heavy (non-hydrogen) atoms. The second kappa shape index (κ2) is 5.92. The lowest BCUT2D eigenvalue weighted by molar-refractivity contribution is 0.736. The van der Waals surface area contributed by atoms with E-state index in [0.717, 1.165) is 24.5 Å². The minimum Gasteiger partial charge on any atom is -0.354 e. The number of hydrogen-bond acceptors (Lipinski definition) is 6. The van der Waals surface area contributed by atoms with Crippen molar-refractivity contribution in [3.8, 4) is 5.95 Å². The molecule has 7 nitrogen and oxygen atoms in total. The molecule has 0 spiro atoms. The standard InChI is InChI=1S/C11H16ClN7/c1-4-7-14-8(5-2)19(18-7)11-16-9(12)15-10(17-11)13-6-3/h4-6H2,1-3H3,(H,13,15,16,17). The van der Waals surface area contributed by atoms with Crippen molar-refractivity contribution in [1.82, 2.24) is 29.7 Å². The Morgan fingerprint density at radius 2 is 1.84 bits per heavy atom. The van der Waals surface area contributed by atoms with Crippen molar-refractivity contribution >= 4 is 17.5 Å². The predicted octanol–water partition coefficient (Wildman–Crippen LogP) is 1.66. The summed E-state index contributed by atoms with van der Waals surface area (Å²) in [4.78, 5) is 16.8. The number of aromatic nitrogens is 6. The van der Waals surface area contributed by atoms with Crippen molar-refractivity contribution in [3.63, 3.8) is 0 Å². The topological polar surface area (TPSA) is 81.4 Å². The van der Waals surface area contributed by atoms with Crippen LogP contribution in [0.5, 0.6) is 0 Å². The Bertz CT molecular complexity index is 566. The highest BCUT2D eigenvalue weighted by Gasteiger charge is 2.13. The largest absolute Gasteiger partial charge is 0.354 e. The van der Waals surface area contributed by atoms with Crippen molar-refractivity contribution < 1.29 is 0 Å². The SMILES string of the molecule is CCNc1nc(Cl)nc(-n2nc(CC)nc2CC)n1. The van der Waals surface area contributed by atoms with E-state index in [1.54, 1.807) is 4.68 Å². The van der Waals surface area contributed by atoms with Gasteiger partial charge in [0, 0.05) is 19.4 Å². The van der Waals surface area contributed by atoms with E-state index in [1.807, 2.05) is 20.8 Å². The van der Waals surface area contributed by atoms with Crippen molar-refractivity contribution in [2.45, 2.75) is 33.6 Å². The monoisotopic (exact) mass is 281 g/mol. The molecule has 0 aliphatic carbocycles. The highest BCUT2D eigenvalue weighted by atomic mass is 35.5. The molecular weight excluding hydrogens is 266 g/mol. The van der Waals surface area contributed by atoms with E-state index in [9.17, 15) is 0 Å². The Kier molecular flexibility index (Phi) is 4.26. The minimum atomic E-state index is 0.136. The van der Waals surface area contributed by atoms with Crippen LogP contribution in [0.25, 0.3) is 5.95 Å². The molecule has 0 aliphatic heterocycles. The van der Waals surface area contributed by atoms with E-state index in [0.29, 0.717) is 18.4 Å². The maximum Gasteiger partial charge on any atom is 0.258 e. The fourth-order valence-corrected chi connectivity index (χ4v) is 1.76. The summed E-state index contributed by atoms with van der Waals surface area (Å²) in [5, 5.41) is 7.52. The maximum absolute atomic E-state index is 5.91. The number of nitrogens with one attached hydrogen (secondary N) is 1. The maximum atomic E-state index is 5.91. The van der Waals surface area contributed by atoms with E-state index < -0.39 is 0 Å². The van der Waals surface area contributed by atoms with Crippen LogP contribution in [0.4, 0.5) is 5.95 Å². The molecule has 2 rings (SSSR count). The number of rotatable bonds is 5. The number of anilines is 1. The molecule has 0 amide bonds. The van der Waals surface area contributed by atoms with E-state index in [4.69, 9.17) is 11.6 Å². The molecule has 0 saturated heterocycles. The second-order valence-electron chi connectivity index (χ2n) is 3.82. The summed E-state index contributed by atoms with van der Waals surface area (Å²) in [7, 11) is 0. The third-order valence-electron chi connectivity index (χ3n) is 2.47. The Hall–Kier alpha value is -1.76. The van der Waals surface area contributed by atoms with Crippen molar-refractivity contribution in [1.29, 1.82) is 0 Å². The number of halogens is 1. The lowest BCUT2D eigenvalue weighted by atomic mass is 10.4. The highest BCUT2D eigenvalue weighted by molar-refractivity contribution is 6.28. The van der Waals surface area contributed by atoms with Crippen LogP contribution in [-0.2, 0) is 12.8 Å². The van der Waals surface area contributed by atoms with Gasteiger partial charge in [-0.1, -0.05) is 13.8 Å². The van der Waals surface area contributed by atoms with Crippen LogP contribution in [-0.4, -0.2) is 36.3 Å². The fraction of sp³-hybridized carbons (Fsp3) is 0.545. The van der Waals surface area contributed by atoms with Crippen molar-refractivity contribution in [2.75, 3.05) is 11.9 Å². The first-order valence-corrected chi connectivity index (χ1v) is 6.66. The van der Waals surface area contributed by atoms with Gasteiger partial charge >= 0.3 is 0 Å². The molecule has 0 radical (unpaired) electrons. The molecule has 0 fully saturated rings. The average Bonchev–Trinajstić information content (AvgIpc) is 2.81. The zero-order valence-corrected chi connectivity index (χ0v) is 11.9. The molecule has 8 heteroatoms. The molecule has 0 aromatic carbocycles. The molecule has 1 N–H and O–H groups in total. The van der Waals surface area contributed by atoms with Gasteiger partial charge in [-0.15, -0.1) is 5.10 Å². The lowest BCUT2D eigenvalue weighted by Crippen LogP contribution is -2.11. The lowest BCUT2D eigenvalue weighted by Gasteiger charge is -2.05. The van der Waals surface area contributed by atoms with E-state index in [-0.39, 0.29) is 5.28 Å². The number of nitrogens with zero attached hydrogens (tertiary/aromatic N) is 6. The molecular formula is C11H16ClN7. The summed E-state index contributed by atoms with van der Waals surface area (Å²) >= 11 is 5.91. The summed E-state index contributed by atoms with van der Waals surface area (Å²) in [6.07, 6.45) is 1.51. The Morgan fingerprint density at radius 1 is 1.05 bits per heavy atom. The van der Waals surface area contributed by atoms with Crippen molar-refractivity contribution in [3.05, 3.63) is 16.9 Å². The molecule has 0 unspecified atom stereocenters. The number of aryl methyl sites for hydroxylation is 2. The van der Waals surface area contributed by atoms with E-state index in [1.165, 1.54) is 0 Å². The first-order chi connectivity index (χ1) is 9.17. The van der Waals surface area contributed by atoms with Gasteiger partial charge in [-0.2, -0.15) is 19.6 Å². The quantitative estimate of drug-likeness (QED) is 0.898. The Labute approximate surface area is 116 Å².